The maximum absolute atomic E-state index is 11.9. The Hall–Kier alpha value is -14.7. The van der Waals surface area contributed by atoms with E-state index in [0.29, 0.717) is 87.6 Å². The molecule has 18 nitrogen and oxygen atoms in total. The smallest absolute Gasteiger partial charge is 0.336 e. The molecule has 0 atom stereocenters. The van der Waals surface area contributed by atoms with Gasteiger partial charge in [0, 0.05) is 44.5 Å². The summed E-state index contributed by atoms with van der Waals surface area (Å²) in [4.78, 5) is 95.3. The van der Waals surface area contributed by atoms with Crippen LogP contribution < -0.4 is 0 Å². The molecule has 0 spiro atoms. The second-order valence-electron chi connectivity index (χ2n) is 25.3. The molecule has 0 aromatic heterocycles. The lowest BCUT2D eigenvalue weighted by molar-refractivity contribution is -0.0334. The van der Waals surface area contributed by atoms with Crippen molar-refractivity contribution in [3.05, 3.63) is 336 Å². The van der Waals surface area contributed by atoms with E-state index in [-0.39, 0.29) is 44.5 Å². The molecule has 1 saturated heterocycles. The summed E-state index contributed by atoms with van der Waals surface area (Å²) in [5.41, 5.74) is 4.17. The average molecular weight is 1460 g/mol. The third-order valence-electron chi connectivity index (χ3n) is 19.0. The summed E-state index contributed by atoms with van der Waals surface area (Å²) in [6.45, 7) is 3.11. The number of carbonyl (C=O) groups is 8. The van der Waals surface area contributed by atoms with Crippen LogP contribution in [0.15, 0.2) is 291 Å². The molecule has 0 radical (unpaired) electrons. The zero-order valence-corrected chi connectivity index (χ0v) is 58.2. The molecule has 1 aliphatic rings. The van der Waals surface area contributed by atoms with E-state index in [9.17, 15) is 79.2 Å². The first-order valence-electron chi connectivity index (χ1n) is 34.5. The zero-order chi connectivity index (χ0) is 77.3. The first-order chi connectivity index (χ1) is 53.3. The van der Waals surface area contributed by atoms with E-state index < -0.39 is 47.8 Å². The van der Waals surface area contributed by atoms with Crippen LogP contribution in [0.2, 0.25) is 0 Å². The number of rotatable bonds is 12. The molecule has 0 amide bonds. The first kappa shape index (κ1) is 73.6. The van der Waals surface area contributed by atoms with Crippen molar-refractivity contribution in [1.82, 2.24) is 0 Å². The monoisotopic (exact) mass is 1460 g/mol. The molecule has 1 fully saturated rings. The first-order valence-corrected chi connectivity index (χ1v) is 34.5. The van der Waals surface area contributed by atoms with Gasteiger partial charge in [-0.1, -0.05) is 243 Å². The van der Waals surface area contributed by atoms with E-state index >= 15 is 0 Å². The molecule has 0 unspecified atom stereocenters. The van der Waals surface area contributed by atoms with Crippen molar-refractivity contribution in [2.75, 3.05) is 26.4 Å². The van der Waals surface area contributed by atoms with Crippen LogP contribution in [-0.2, 0) is 9.47 Å². The summed E-state index contributed by atoms with van der Waals surface area (Å²) in [7, 11) is 0. The zero-order valence-electron chi connectivity index (χ0n) is 58.2. The van der Waals surface area contributed by atoms with Crippen LogP contribution in [0.5, 0.6) is 0 Å². The lowest BCUT2D eigenvalue weighted by atomic mass is 9.87. The molecule has 1 heterocycles. The van der Waals surface area contributed by atoms with Crippen LogP contribution >= 0.6 is 0 Å². The minimum Gasteiger partial charge on any atom is -0.478 e. The minimum absolute atomic E-state index is 0.0857. The second-order valence-corrected chi connectivity index (χ2v) is 25.3. The SMILES string of the molecule is C1COCCO1.O=C(O)c1ccc2ccccc2c1-c1c(C(=O)O)ccc2ccccc12.O=C(O)c1ccc2ccccc2c1-c1c(C(=O)O)ccc2ccccc12.O=C(O)c1ccc2ccccc2c1-c1c(C(=O)O)ccc2ccccc12.O=C(O)c1ccc2ccccc2c1-c1c(C(=O)O)ccc2ccccc12. The maximum Gasteiger partial charge on any atom is 0.336 e. The number of hydrogen-bond acceptors (Lipinski definition) is 10. The van der Waals surface area contributed by atoms with Gasteiger partial charge in [0.15, 0.2) is 0 Å². The lowest BCUT2D eigenvalue weighted by Gasteiger charge is -2.16. The Bertz CT molecular complexity index is 5260. The number of fused-ring (bicyclic) bond motifs is 8. The second kappa shape index (κ2) is 32.3. The van der Waals surface area contributed by atoms with E-state index in [1.807, 2.05) is 194 Å². The summed E-state index contributed by atoms with van der Waals surface area (Å²) in [5, 5.41) is 90.5. The van der Waals surface area contributed by atoms with Crippen molar-refractivity contribution in [3.8, 4) is 44.5 Å². The number of carboxylic acid groups (broad SMARTS) is 8. The maximum atomic E-state index is 11.9. The van der Waals surface area contributed by atoms with Gasteiger partial charge in [-0.2, -0.15) is 0 Å². The Morgan fingerprint density at radius 2 is 0.273 bits per heavy atom. The lowest BCUT2D eigenvalue weighted by Crippen LogP contribution is -2.16. The molecule has 110 heavy (non-hydrogen) atoms. The summed E-state index contributed by atoms with van der Waals surface area (Å²) < 4.78 is 9.89. The molecular weight excluding hydrogens is 1390 g/mol. The fourth-order valence-corrected chi connectivity index (χ4v) is 14.2. The molecule has 0 bridgehead atoms. The van der Waals surface area contributed by atoms with Gasteiger partial charge in [-0.25, -0.2) is 38.4 Å². The van der Waals surface area contributed by atoms with Crippen LogP contribution in [0, 0.1) is 0 Å². The third-order valence-corrected chi connectivity index (χ3v) is 19.0. The molecule has 16 aromatic rings. The number of hydrogen-bond donors (Lipinski definition) is 8. The Balaban J connectivity index is 0.000000125. The van der Waals surface area contributed by atoms with Gasteiger partial charge in [0.2, 0.25) is 0 Å². The molecule has 0 aliphatic carbocycles. The van der Waals surface area contributed by atoms with Crippen molar-refractivity contribution in [2.24, 2.45) is 0 Å². The van der Waals surface area contributed by atoms with E-state index in [1.165, 1.54) is 48.5 Å². The molecular formula is C92H64O18. The van der Waals surface area contributed by atoms with Gasteiger partial charge in [0.05, 0.1) is 70.9 Å². The number of benzene rings is 16. The number of aromatic carboxylic acids is 8. The van der Waals surface area contributed by atoms with Crippen LogP contribution in [0.3, 0.4) is 0 Å². The average Bonchev–Trinajstić information content (AvgIpc) is 0.766. The summed E-state index contributed by atoms with van der Waals surface area (Å²) in [6, 6.07) is 85.4. The summed E-state index contributed by atoms with van der Waals surface area (Å²) >= 11 is 0. The van der Waals surface area contributed by atoms with Gasteiger partial charge in [-0.15, -0.1) is 0 Å². The van der Waals surface area contributed by atoms with E-state index in [0.717, 1.165) is 69.5 Å². The Morgan fingerprint density at radius 1 is 0.164 bits per heavy atom. The van der Waals surface area contributed by atoms with E-state index in [1.54, 1.807) is 48.5 Å². The Morgan fingerprint density at radius 3 is 0.373 bits per heavy atom. The van der Waals surface area contributed by atoms with Gasteiger partial charge in [-0.3, -0.25) is 0 Å². The molecule has 0 saturated carbocycles. The summed E-state index contributed by atoms with van der Waals surface area (Å²) in [6.07, 6.45) is 0. The highest BCUT2D eigenvalue weighted by molar-refractivity contribution is 6.22. The fraction of sp³-hybridized carbons (Fsp3) is 0.0435. The molecule has 16 aromatic carbocycles. The van der Waals surface area contributed by atoms with Crippen LogP contribution in [0.25, 0.3) is 131 Å². The van der Waals surface area contributed by atoms with Gasteiger partial charge in [0.1, 0.15) is 0 Å². The van der Waals surface area contributed by atoms with Crippen LogP contribution in [-0.4, -0.2) is 115 Å². The van der Waals surface area contributed by atoms with Gasteiger partial charge in [-0.05, 0) is 135 Å². The molecule has 8 N–H and O–H groups in total. The quantitative estimate of drug-likeness (QED) is 0.0563. The van der Waals surface area contributed by atoms with E-state index in [4.69, 9.17) is 9.47 Å². The molecule has 1 aliphatic heterocycles. The predicted molar refractivity (Wildman–Crippen MR) is 425 cm³/mol. The van der Waals surface area contributed by atoms with E-state index in [2.05, 4.69) is 0 Å². The van der Waals surface area contributed by atoms with Crippen molar-refractivity contribution < 1.29 is 88.7 Å². The van der Waals surface area contributed by atoms with Gasteiger partial charge >= 0.3 is 47.8 Å². The van der Waals surface area contributed by atoms with Crippen molar-refractivity contribution in [3.63, 3.8) is 0 Å². The normalized spacial score (nSPS) is 11.6. The Labute approximate surface area is 626 Å². The number of ether oxygens (including phenoxy) is 2. The minimum atomic E-state index is -1.09. The predicted octanol–water partition coefficient (Wildman–Crippen LogP) is 20.3. The topological polar surface area (TPSA) is 317 Å². The standard InChI is InChI=1S/4C22H14O4.C4H8O2/c4*23-21(24)17-11-9-13-5-1-3-7-15(13)19(17)20-16-8-4-2-6-14(16)10-12-18(20)22(25)26;1-2-6-4-3-5-1/h4*1-12H,(H,23,24)(H,25,26);1-4H2. The van der Waals surface area contributed by atoms with Crippen molar-refractivity contribution in [1.29, 1.82) is 0 Å². The van der Waals surface area contributed by atoms with Gasteiger partial charge in [0.25, 0.3) is 0 Å². The van der Waals surface area contributed by atoms with Crippen molar-refractivity contribution in [2.45, 2.75) is 0 Å². The summed E-state index contributed by atoms with van der Waals surface area (Å²) in [5.74, 6) is -8.70. The third kappa shape index (κ3) is 14.9. The highest BCUT2D eigenvalue weighted by Crippen LogP contribution is 2.44. The highest BCUT2D eigenvalue weighted by atomic mass is 16.6. The largest absolute Gasteiger partial charge is 0.478 e. The number of carboxylic acids is 8. The van der Waals surface area contributed by atoms with Gasteiger partial charge < -0.3 is 50.3 Å². The molecule has 18 heteroatoms. The van der Waals surface area contributed by atoms with Crippen LogP contribution in [0.4, 0.5) is 0 Å². The molecule has 17 rings (SSSR count). The Kier molecular flexibility index (Phi) is 21.6. The van der Waals surface area contributed by atoms with Crippen molar-refractivity contribution >= 4 is 134 Å². The molecule has 540 valence electrons. The highest BCUT2D eigenvalue weighted by Gasteiger charge is 2.28. The van der Waals surface area contributed by atoms with Crippen LogP contribution in [0.1, 0.15) is 82.9 Å². The fourth-order valence-electron chi connectivity index (χ4n) is 14.2.